The Labute approximate surface area is 199 Å². The van der Waals surface area contributed by atoms with Gasteiger partial charge in [0.2, 0.25) is 5.91 Å². The van der Waals surface area contributed by atoms with E-state index in [0.29, 0.717) is 24.6 Å². The number of carbonyl (C=O) groups is 1. The third-order valence-electron chi connectivity index (χ3n) is 6.91. The first-order valence-electron chi connectivity index (χ1n) is 12.1. The molecule has 34 heavy (non-hydrogen) atoms. The van der Waals surface area contributed by atoms with Gasteiger partial charge in [-0.3, -0.25) is 14.5 Å². The number of hydrogen-bond acceptors (Lipinski definition) is 4. The highest BCUT2D eigenvalue weighted by Gasteiger charge is 2.19. The van der Waals surface area contributed by atoms with Crippen molar-refractivity contribution in [2.45, 2.75) is 45.3 Å². The normalized spacial score (nSPS) is 16.8. The zero-order chi connectivity index (χ0) is 23.5. The SMILES string of the molecule is CC1CCCCN1CCNC(=O)Cn1ncc2c3ccccc3n(Cc3ccccc3)c2c1=O. The third kappa shape index (κ3) is 4.48. The molecule has 176 valence electrons. The van der Waals surface area contributed by atoms with Crippen LogP contribution in [0.2, 0.25) is 0 Å². The van der Waals surface area contributed by atoms with E-state index in [-0.39, 0.29) is 18.0 Å². The van der Waals surface area contributed by atoms with Crippen LogP contribution in [0, 0.1) is 0 Å². The van der Waals surface area contributed by atoms with Gasteiger partial charge in [0, 0.05) is 42.0 Å². The Balaban J connectivity index is 1.39. The van der Waals surface area contributed by atoms with Gasteiger partial charge in [0.1, 0.15) is 12.1 Å². The number of rotatable bonds is 7. The number of fused-ring (bicyclic) bond motifs is 3. The first-order valence-corrected chi connectivity index (χ1v) is 12.1. The first-order chi connectivity index (χ1) is 16.6. The van der Waals surface area contributed by atoms with Crippen molar-refractivity contribution >= 4 is 27.7 Å². The van der Waals surface area contributed by atoms with E-state index in [9.17, 15) is 9.59 Å². The molecule has 1 amide bonds. The molecule has 1 fully saturated rings. The lowest BCUT2D eigenvalue weighted by Gasteiger charge is -2.33. The maximum absolute atomic E-state index is 13.5. The smallest absolute Gasteiger partial charge is 0.291 e. The van der Waals surface area contributed by atoms with E-state index in [1.54, 1.807) is 6.20 Å². The predicted molar refractivity (Wildman–Crippen MR) is 135 cm³/mol. The first kappa shape index (κ1) is 22.3. The summed E-state index contributed by atoms with van der Waals surface area (Å²) in [5, 5.41) is 9.12. The van der Waals surface area contributed by atoms with Crippen LogP contribution in [0.15, 0.2) is 65.6 Å². The van der Waals surface area contributed by atoms with E-state index >= 15 is 0 Å². The van der Waals surface area contributed by atoms with Crippen molar-refractivity contribution in [1.29, 1.82) is 0 Å². The molecule has 4 aromatic rings. The molecule has 1 unspecified atom stereocenters. The minimum atomic E-state index is -0.246. The summed E-state index contributed by atoms with van der Waals surface area (Å²) in [5.74, 6) is -0.190. The lowest BCUT2D eigenvalue weighted by molar-refractivity contribution is -0.122. The van der Waals surface area contributed by atoms with Gasteiger partial charge in [-0.05, 0) is 37.9 Å². The number of amides is 1. The highest BCUT2D eigenvalue weighted by atomic mass is 16.2. The highest BCUT2D eigenvalue weighted by Crippen LogP contribution is 2.27. The molecule has 7 heteroatoms. The van der Waals surface area contributed by atoms with Crippen LogP contribution in [0.1, 0.15) is 31.7 Å². The molecule has 1 aliphatic rings. The number of carbonyl (C=O) groups excluding carboxylic acids is 1. The Morgan fingerprint density at radius 3 is 2.68 bits per heavy atom. The van der Waals surface area contributed by atoms with Crippen LogP contribution in [-0.4, -0.2) is 50.8 Å². The van der Waals surface area contributed by atoms with E-state index in [4.69, 9.17) is 0 Å². The van der Waals surface area contributed by atoms with Crippen LogP contribution in [0.4, 0.5) is 0 Å². The average molecular weight is 458 g/mol. The molecule has 1 saturated heterocycles. The lowest BCUT2D eigenvalue weighted by Crippen LogP contribution is -2.43. The lowest BCUT2D eigenvalue weighted by atomic mass is 10.0. The monoisotopic (exact) mass is 457 g/mol. The summed E-state index contributed by atoms with van der Waals surface area (Å²) < 4.78 is 3.32. The number of likely N-dealkylation sites (tertiary alicyclic amines) is 1. The summed E-state index contributed by atoms with van der Waals surface area (Å²) in [6, 6.07) is 18.6. The van der Waals surface area contributed by atoms with Crippen molar-refractivity contribution in [3.63, 3.8) is 0 Å². The fourth-order valence-electron chi connectivity index (χ4n) is 5.06. The van der Waals surface area contributed by atoms with Crippen LogP contribution in [0.25, 0.3) is 21.8 Å². The summed E-state index contributed by atoms with van der Waals surface area (Å²) in [6.07, 6.45) is 5.42. The largest absolute Gasteiger partial charge is 0.353 e. The van der Waals surface area contributed by atoms with Gasteiger partial charge < -0.3 is 9.88 Å². The summed E-state index contributed by atoms with van der Waals surface area (Å²) in [5.41, 5.74) is 2.43. The Kier molecular flexibility index (Phi) is 6.45. The summed E-state index contributed by atoms with van der Waals surface area (Å²) in [6.45, 7) is 5.23. The number of nitrogens with one attached hydrogen (secondary N) is 1. The molecule has 2 aromatic heterocycles. The van der Waals surface area contributed by atoms with Gasteiger partial charge >= 0.3 is 0 Å². The van der Waals surface area contributed by atoms with Gasteiger partial charge in [0.15, 0.2) is 0 Å². The van der Waals surface area contributed by atoms with E-state index in [1.807, 2.05) is 47.0 Å². The van der Waals surface area contributed by atoms with E-state index in [1.165, 1.54) is 23.9 Å². The minimum Gasteiger partial charge on any atom is -0.353 e. The molecule has 7 nitrogen and oxygen atoms in total. The summed E-state index contributed by atoms with van der Waals surface area (Å²) >= 11 is 0. The predicted octanol–water partition coefficient (Wildman–Crippen LogP) is 3.39. The fourth-order valence-corrected chi connectivity index (χ4v) is 5.06. The van der Waals surface area contributed by atoms with E-state index in [0.717, 1.165) is 34.9 Å². The zero-order valence-corrected chi connectivity index (χ0v) is 19.6. The van der Waals surface area contributed by atoms with Crippen molar-refractivity contribution in [2.24, 2.45) is 0 Å². The molecule has 1 aliphatic heterocycles. The van der Waals surface area contributed by atoms with Gasteiger partial charge in [-0.25, -0.2) is 4.68 Å². The summed E-state index contributed by atoms with van der Waals surface area (Å²) in [7, 11) is 0. The molecule has 0 bridgehead atoms. The van der Waals surface area contributed by atoms with Gasteiger partial charge in [0.25, 0.3) is 5.56 Å². The van der Waals surface area contributed by atoms with Crippen molar-refractivity contribution in [3.05, 3.63) is 76.7 Å². The number of nitrogens with zero attached hydrogens (tertiary/aromatic N) is 4. The minimum absolute atomic E-state index is 0.0861. The topological polar surface area (TPSA) is 72.2 Å². The molecule has 1 N–H and O–H groups in total. The second-order valence-corrected chi connectivity index (χ2v) is 9.19. The number of para-hydroxylation sites is 1. The van der Waals surface area contributed by atoms with Gasteiger partial charge in [-0.2, -0.15) is 5.10 Å². The molecular weight excluding hydrogens is 426 g/mol. The number of piperidine rings is 1. The Morgan fingerprint density at radius 1 is 1.06 bits per heavy atom. The summed E-state index contributed by atoms with van der Waals surface area (Å²) in [4.78, 5) is 28.6. The van der Waals surface area contributed by atoms with Crippen LogP contribution in [0.3, 0.4) is 0 Å². The number of hydrogen-bond donors (Lipinski definition) is 1. The van der Waals surface area contributed by atoms with Crippen LogP contribution >= 0.6 is 0 Å². The molecule has 0 saturated carbocycles. The van der Waals surface area contributed by atoms with E-state index < -0.39 is 0 Å². The van der Waals surface area contributed by atoms with Crippen molar-refractivity contribution in [1.82, 2.24) is 24.6 Å². The van der Waals surface area contributed by atoms with Crippen molar-refractivity contribution in [2.75, 3.05) is 19.6 Å². The number of aromatic nitrogens is 3. The van der Waals surface area contributed by atoms with Crippen LogP contribution < -0.4 is 10.9 Å². The molecular formula is C27H31N5O2. The van der Waals surface area contributed by atoms with Crippen molar-refractivity contribution < 1.29 is 4.79 Å². The van der Waals surface area contributed by atoms with Crippen LogP contribution in [-0.2, 0) is 17.9 Å². The highest BCUT2D eigenvalue weighted by molar-refractivity contribution is 6.07. The quantitative estimate of drug-likeness (QED) is 0.462. The second-order valence-electron chi connectivity index (χ2n) is 9.19. The Hall–Kier alpha value is -3.45. The van der Waals surface area contributed by atoms with Gasteiger partial charge in [-0.1, -0.05) is 55.0 Å². The maximum atomic E-state index is 13.5. The second kappa shape index (κ2) is 9.81. The molecule has 3 heterocycles. The average Bonchev–Trinajstić information content (AvgIpc) is 3.17. The Bertz CT molecular complexity index is 1360. The third-order valence-corrected chi connectivity index (χ3v) is 6.91. The molecule has 5 rings (SSSR count). The molecule has 1 atom stereocenters. The molecule has 0 spiro atoms. The maximum Gasteiger partial charge on any atom is 0.291 e. The zero-order valence-electron chi connectivity index (χ0n) is 19.6. The fraction of sp³-hybridized carbons (Fsp3) is 0.370. The Morgan fingerprint density at radius 2 is 1.85 bits per heavy atom. The molecule has 2 aromatic carbocycles. The molecule has 0 aliphatic carbocycles. The van der Waals surface area contributed by atoms with Gasteiger partial charge in [-0.15, -0.1) is 0 Å². The van der Waals surface area contributed by atoms with Crippen molar-refractivity contribution in [3.8, 4) is 0 Å². The van der Waals surface area contributed by atoms with Crippen LogP contribution in [0.5, 0.6) is 0 Å². The standard InChI is InChI=1S/C27H31N5O2/c1-20-9-7-8-15-30(20)16-14-28-25(33)19-32-27(34)26-23(17-29-32)22-12-5-6-13-24(22)31(26)18-21-10-3-2-4-11-21/h2-6,10-13,17,20H,7-9,14-16,18-19H2,1H3,(H,28,33). The molecule has 0 radical (unpaired) electrons. The van der Waals surface area contributed by atoms with E-state index in [2.05, 4.69) is 34.4 Å². The number of benzene rings is 2. The van der Waals surface area contributed by atoms with Gasteiger partial charge in [0.05, 0.1) is 6.20 Å².